The van der Waals surface area contributed by atoms with Crippen LogP contribution in [0.2, 0.25) is 0 Å². The standard InChI is InChI=1S/C51H32N6/c1-3-16-33(17-4-1)49-52-50(34-18-15-21-36(32-34)56-42-26-11-7-22-37(42)38-23-8-12-27-43(38)56)54-51(53-49)57-44-28-13-9-24-39(44)40-30-31-46-47(48(40)57)41-25-10-14-29-45(41)55(46)35-19-5-2-6-20-35/h1-32H. The number of benzene rings is 8. The minimum absolute atomic E-state index is 0.566. The molecule has 0 bridgehead atoms. The Kier molecular flexibility index (Phi) is 6.83. The molecule has 0 amide bonds. The van der Waals surface area contributed by atoms with Gasteiger partial charge in [-0.05, 0) is 54.6 Å². The summed E-state index contributed by atoms with van der Waals surface area (Å²) in [6.07, 6.45) is 0. The summed E-state index contributed by atoms with van der Waals surface area (Å²) in [4.78, 5) is 15.9. The maximum atomic E-state index is 5.40. The van der Waals surface area contributed by atoms with Gasteiger partial charge in [0, 0.05) is 54.8 Å². The van der Waals surface area contributed by atoms with Crippen LogP contribution in [0.3, 0.4) is 0 Å². The molecule has 4 heterocycles. The first-order valence-corrected chi connectivity index (χ1v) is 19.2. The second-order valence-electron chi connectivity index (χ2n) is 14.5. The molecule has 0 unspecified atom stereocenters. The van der Waals surface area contributed by atoms with Crippen molar-refractivity contribution in [1.82, 2.24) is 28.7 Å². The number of hydrogen-bond acceptors (Lipinski definition) is 3. The van der Waals surface area contributed by atoms with Crippen LogP contribution in [0.15, 0.2) is 194 Å². The van der Waals surface area contributed by atoms with E-state index in [2.05, 4.69) is 190 Å². The van der Waals surface area contributed by atoms with Gasteiger partial charge in [0.25, 0.3) is 0 Å². The Morgan fingerprint density at radius 3 is 1.44 bits per heavy atom. The zero-order chi connectivity index (χ0) is 37.5. The molecule has 4 aromatic heterocycles. The SMILES string of the molecule is c1ccc(-c2nc(-c3cccc(-n4c5ccccc5c5ccccc54)c3)nc(-n3c4ccccc4c4ccc5c(c6ccccc6n5-c5ccccc5)c43)n2)cc1. The highest BCUT2D eigenvalue weighted by Crippen LogP contribution is 2.42. The van der Waals surface area contributed by atoms with Crippen LogP contribution >= 0.6 is 0 Å². The minimum Gasteiger partial charge on any atom is -0.309 e. The number of aromatic nitrogens is 6. The van der Waals surface area contributed by atoms with Gasteiger partial charge in [-0.15, -0.1) is 0 Å². The number of hydrogen-bond donors (Lipinski definition) is 0. The summed E-state index contributed by atoms with van der Waals surface area (Å²) >= 11 is 0. The lowest BCUT2D eigenvalue weighted by atomic mass is 10.1. The van der Waals surface area contributed by atoms with E-state index < -0.39 is 0 Å². The fraction of sp³-hybridized carbons (Fsp3) is 0. The summed E-state index contributed by atoms with van der Waals surface area (Å²) in [5.41, 5.74) is 10.7. The normalized spacial score (nSPS) is 11.9. The Morgan fingerprint density at radius 2 is 0.772 bits per heavy atom. The second-order valence-corrected chi connectivity index (χ2v) is 14.5. The highest BCUT2D eigenvalue weighted by atomic mass is 15.2. The first-order chi connectivity index (χ1) is 28.3. The lowest BCUT2D eigenvalue weighted by molar-refractivity contribution is 0.955. The zero-order valence-electron chi connectivity index (χ0n) is 30.7. The highest BCUT2D eigenvalue weighted by Gasteiger charge is 2.23. The molecule has 0 aliphatic heterocycles. The van der Waals surface area contributed by atoms with Crippen molar-refractivity contribution in [3.8, 4) is 40.1 Å². The molecule has 57 heavy (non-hydrogen) atoms. The Labute approximate surface area is 327 Å². The molecule has 0 N–H and O–H groups in total. The molecule has 0 saturated carbocycles. The van der Waals surface area contributed by atoms with Crippen molar-refractivity contribution >= 4 is 65.4 Å². The van der Waals surface area contributed by atoms with E-state index in [-0.39, 0.29) is 0 Å². The molecule has 6 heteroatoms. The van der Waals surface area contributed by atoms with E-state index in [1.54, 1.807) is 0 Å². The van der Waals surface area contributed by atoms with Crippen LogP contribution in [0.5, 0.6) is 0 Å². The van der Waals surface area contributed by atoms with Gasteiger partial charge in [0.15, 0.2) is 11.6 Å². The summed E-state index contributed by atoms with van der Waals surface area (Å²) in [6.45, 7) is 0. The first-order valence-electron chi connectivity index (χ1n) is 19.2. The molecular weight excluding hydrogens is 697 g/mol. The molecule has 0 spiro atoms. The Morgan fingerprint density at radius 1 is 0.298 bits per heavy atom. The molecule has 8 aromatic carbocycles. The van der Waals surface area contributed by atoms with Crippen molar-refractivity contribution in [1.29, 1.82) is 0 Å². The van der Waals surface area contributed by atoms with E-state index in [1.807, 2.05) is 18.2 Å². The van der Waals surface area contributed by atoms with Gasteiger partial charge >= 0.3 is 0 Å². The van der Waals surface area contributed by atoms with Crippen LogP contribution < -0.4 is 0 Å². The largest absolute Gasteiger partial charge is 0.309 e. The quantitative estimate of drug-likeness (QED) is 0.177. The third-order valence-electron chi connectivity index (χ3n) is 11.3. The maximum absolute atomic E-state index is 5.40. The van der Waals surface area contributed by atoms with E-state index >= 15 is 0 Å². The summed E-state index contributed by atoms with van der Waals surface area (Å²) < 4.78 is 6.95. The van der Waals surface area contributed by atoms with E-state index in [0.29, 0.717) is 17.6 Å². The van der Waals surface area contributed by atoms with Gasteiger partial charge in [-0.1, -0.05) is 140 Å². The fourth-order valence-electron chi connectivity index (χ4n) is 8.87. The van der Waals surface area contributed by atoms with E-state index in [4.69, 9.17) is 15.0 Å². The average molecular weight is 729 g/mol. The Hall–Kier alpha value is -7.83. The first kappa shape index (κ1) is 31.5. The predicted molar refractivity (Wildman–Crippen MR) is 234 cm³/mol. The molecular formula is C51H32N6. The van der Waals surface area contributed by atoms with Gasteiger partial charge in [-0.2, -0.15) is 9.97 Å². The van der Waals surface area contributed by atoms with E-state index in [1.165, 1.54) is 16.2 Å². The van der Waals surface area contributed by atoms with Gasteiger partial charge in [-0.25, -0.2) is 4.98 Å². The van der Waals surface area contributed by atoms with Crippen LogP contribution in [-0.4, -0.2) is 28.7 Å². The van der Waals surface area contributed by atoms with E-state index in [0.717, 1.165) is 71.8 Å². The molecule has 0 aliphatic carbocycles. The summed E-state index contributed by atoms with van der Waals surface area (Å²) in [6, 6.07) is 68.3. The van der Waals surface area contributed by atoms with Gasteiger partial charge < -0.3 is 9.13 Å². The molecule has 0 atom stereocenters. The van der Waals surface area contributed by atoms with Crippen molar-refractivity contribution in [2.24, 2.45) is 0 Å². The maximum Gasteiger partial charge on any atom is 0.238 e. The third kappa shape index (κ3) is 4.74. The lowest BCUT2D eigenvalue weighted by Gasteiger charge is -2.13. The topological polar surface area (TPSA) is 53.5 Å². The lowest BCUT2D eigenvalue weighted by Crippen LogP contribution is -2.07. The molecule has 0 aliphatic rings. The monoisotopic (exact) mass is 728 g/mol. The highest BCUT2D eigenvalue weighted by molar-refractivity contribution is 6.26. The number of para-hydroxylation sites is 5. The van der Waals surface area contributed by atoms with Crippen LogP contribution in [0, 0.1) is 0 Å². The number of nitrogens with zero attached hydrogens (tertiary/aromatic N) is 6. The predicted octanol–water partition coefficient (Wildman–Crippen LogP) is 12.5. The molecule has 266 valence electrons. The minimum atomic E-state index is 0.566. The van der Waals surface area contributed by atoms with Gasteiger partial charge in [-0.3, -0.25) is 4.57 Å². The van der Waals surface area contributed by atoms with Crippen LogP contribution in [-0.2, 0) is 0 Å². The number of rotatable bonds is 5. The van der Waals surface area contributed by atoms with Crippen LogP contribution in [0.4, 0.5) is 0 Å². The van der Waals surface area contributed by atoms with Gasteiger partial charge in [0.1, 0.15) is 0 Å². The second kappa shape index (κ2) is 12.3. The fourth-order valence-corrected chi connectivity index (χ4v) is 8.87. The summed E-state index contributed by atoms with van der Waals surface area (Å²) in [7, 11) is 0. The Balaban J connectivity index is 1.16. The zero-order valence-corrected chi connectivity index (χ0v) is 30.7. The van der Waals surface area contributed by atoms with Crippen LogP contribution in [0.1, 0.15) is 0 Å². The Bertz CT molecular complexity index is 3470. The summed E-state index contributed by atoms with van der Waals surface area (Å²) in [5.74, 6) is 1.78. The third-order valence-corrected chi connectivity index (χ3v) is 11.3. The molecule has 6 nitrogen and oxygen atoms in total. The summed E-state index contributed by atoms with van der Waals surface area (Å²) in [5, 5.41) is 7.05. The van der Waals surface area contributed by atoms with Crippen molar-refractivity contribution in [3.63, 3.8) is 0 Å². The van der Waals surface area contributed by atoms with Crippen molar-refractivity contribution in [3.05, 3.63) is 194 Å². The van der Waals surface area contributed by atoms with Crippen LogP contribution in [0.25, 0.3) is 106 Å². The molecule has 0 fully saturated rings. The average Bonchev–Trinajstić information content (AvgIpc) is 3.93. The van der Waals surface area contributed by atoms with Crippen molar-refractivity contribution < 1.29 is 0 Å². The molecule has 12 rings (SSSR count). The van der Waals surface area contributed by atoms with Crippen molar-refractivity contribution in [2.45, 2.75) is 0 Å². The number of fused-ring (bicyclic) bond motifs is 10. The molecule has 12 aromatic rings. The smallest absolute Gasteiger partial charge is 0.238 e. The molecule has 0 saturated heterocycles. The molecule has 0 radical (unpaired) electrons. The van der Waals surface area contributed by atoms with Gasteiger partial charge in [0.2, 0.25) is 5.95 Å². The van der Waals surface area contributed by atoms with E-state index in [9.17, 15) is 0 Å². The van der Waals surface area contributed by atoms with Crippen molar-refractivity contribution in [2.75, 3.05) is 0 Å². The van der Waals surface area contributed by atoms with Gasteiger partial charge in [0.05, 0.1) is 33.1 Å².